The van der Waals surface area contributed by atoms with Crippen molar-refractivity contribution in [3.63, 3.8) is 0 Å². The fourth-order valence-corrected chi connectivity index (χ4v) is 4.80. The Morgan fingerprint density at radius 2 is 1.94 bits per heavy atom. The van der Waals surface area contributed by atoms with Gasteiger partial charge in [-0.3, -0.25) is 4.79 Å². The number of rotatable bonds is 8. The number of anilines is 1. The Morgan fingerprint density at radius 3 is 2.61 bits per heavy atom. The number of hydrogen-bond acceptors (Lipinski definition) is 7. The molecule has 1 amide bonds. The molecule has 0 fully saturated rings. The molecule has 0 bridgehead atoms. The van der Waals surface area contributed by atoms with Gasteiger partial charge in [0, 0.05) is 5.69 Å². The van der Waals surface area contributed by atoms with E-state index in [0.29, 0.717) is 22.2 Å². The van der Waals surface area contributed by atoms with Crippen LogP contribution < -0.4 is 10.6 Å². The number of dihydropyridines is 1. The molecule has 0 spiro atoms. The van der Waals surface area contributed by atoms with Gasteiger partial charge in [-0.2, -0.15) is 5.26 Å². The molecule has 36 heavy (non-hydrogen) atoms. The lowest BCUT2D eigenvalue weighted by Gasteiger charge is -2.29. The maximum atomic E-state index is 13.2. The number of aryl methyl sites for hydroxylation is 1. The van der Waals surface area contributed by atoms with Gasteiger partial charge in [-0.1, -0.05) is 54.2 Å². The number of benzene rings is 2. The van der Waals surface area contributed by atoms with Gasteiger partial charge in [0.25, 0.3) is 0 Å². The van der Waals surface area contributed by atoms with Crippen LogP contribution in [-0.2, 0) is 14.3 Å². The summed E-state index contributed by atoms with van der Waals surface area (Å²) in [6.07, 6.45) is 1.50. The molecule has 4 rings (SSSR count). The predicted octanol–water partition coefficient (Wildman–Crippen LogP) is 5.36. The molecule has 2 N–H and O–H groups in total. The monoisotopic (exact) mass is 499 g/mol. The van der Waals surface area contributed by atoms with Crippen LogP contribution in [0.5, 0.6) is 0 Å². The van der Waals surface area contributed by atoms with E-state index in [1.165, 1.54) is 18.0 Å². The zero-order chi connectivity index (χ0) is 25.5. The Bertz CT molecular complexity index is 1350. The minimum atomic E-state index is -0.789. The molecule has 2 heterocycles. The minimum Gasteiger partial charge on any atom is -0.468 e. The Balaban J connectivity index is 1.71. The average molecular weight is 500 g/mol. The third kappa shape index (κ3) is 5.53. The molecule has 0 aliphatic carbocycles. The van der Waals surface area contributed by atoms with Crippen LogP contribution in [0.25, 0.3) is 5.70 Å². The maximum Gasteiger partial charge on any atom is 0.337 e. The SMILES string of the molecule is CCOC(=O)C1=C(c2ccccc2)NC(SCC(=O)Nc2cccc(C)c2)=C(C#N)[C@@H]1c1ccco1. The lowest BCUT2D eigenvalue weighted by Crippen LogP contribution is -2.29. The smallest absolute Gasteiger partial charge is 0.337 e. The zero-order valence-corrected chi connectivity index (χ0v) is 20.7. The first-order chi connectivity index (χ1) is 17.5. The summed E-state index contributed by atoms with van der Waals surface area (Å²) in [6.45, 7) is 3.86. The van der Waals surface area contributed by atoms with Crippen molar-refractivity contribution < 1.29 is 18.7 Å². The van der Waals surface area contributed by atoms with Gasteiger partial charge in [-0.05, 0) is 49.2 Å². The van der Waals surface area contributed by atoms with Gasteiger partial charge >= 0.3 is 5.97 Å². The van der Waals surface area contributed by atoms with Gasteiger partial charge in [0.05, 0.1) is 52.5 Å². The fourth-order valence-electron chi connectivity index (χ4n) is 3.96. The molecule has 1 atom stereocenters. The van der Waals surface area contributed by atoms with E-state index >= 15 is 0 Å². The van der Waals surface area contributed by atoms with E-state index in [2.05, 4.69) is 16.7 Å². The summed E-state index contributed by atoms with van der Waals surface area (Å²) in [7, 11) is 0. The first-order valence-electron chi connectivity index (χ1n) is 11.4. The normalized spacial score (nSPS) is 15.2. The van der Waals surface area contributed by atoms with Crippen molar-refractivity contribution >= 4 is 35.0 Å². The van der Waals surface area contributed by atoms with E-state index in [1.54, 1.807) is 19.1 Å². The number of allylic oxidation sites excluding steroid dienone is 1. The van der Waals surface area contributed by atoms with E-state index < -0.39 is 11.9 Å². The van der Waals surface area contributed by atoms with Gasteiger partial charge in [-0.25, -0.2) is 4.79 Å². The number of amides is 1. The van der Waals surface area contributed by atoms with Crippen molar-refractivity contribution in [3.8, 4) is 6.07 Å². The molecule has 1 aliphatic heterocycles. The largest absolute Gasteiger partial charge is 0.468 e. The number of thioether (sulfide) groups is 1. The lowest BCUT2D eigenvalue weighted by molar-refractivity contribution is -0.138. The first kappa shape index (κ1) is 24.9. The van der Waals surface area contributed by atoms with Crippen LogP contribution in [0, 0.1) is 18.3 Å². The highest BCUT2D eigenvalue weighted by Crippen LogP contribution is 2.43. The summed E-state index contributed by atoms with van der Waals surface area (Å²) in [5.74, 6) is -1.05. The quantitative estimate of drug-likeness (QED) is 0.402. The molecular weight excluding hydrogens is 474 g/mol. The Morgan fingerprint density at radius 1 is 1.14 bits per heavy atom. The number of nitrogens with one attached hydrogen (secondary N) is 2. The number of carbonyl (C=O) groups excluding carboxylic acids is 2. The third-order valence-electron chi connectivity index (χ3n) is 5.49. The highest BCUT2D eigenvalue weighted by molar-refractivity contribution is 8.03. The van der Waals surface area contributed by atoms with Crippen LogP contribution in [-0.4, -0.2) is 24.2 Å². The number of carbonyl (C=O) groups is 2. The summed E-state index contributed by atoms with van der Waals surface area (Å²) in [4.78, 5) is 25.9. The van der Waals surface area contributed by atoms with Gasteiger partial charge in [0.2, 0.25) is 5.91 Å². The van der Waals surface area contributed by atoms with Crippen LogP contribution in [0.1, 0.15) is 29.7 Å². The maximum absolute atomic E-state index is 13.2. The highest BCUT2D eigenvalue weighted by atomic mass is 32.2. The van der Waals surface area contributed by atoms with E-state index in [9.17, 15) is 14.9 Å². The first-order valence-corrected chi connectivity index (χ1v) is 12.4. The molecule has 182 valence electrons. The second kappa shape index (κ2) is 11.5. The molecular formula is C28H25N3O4S. The minimum absolute atomic E-state index is 0.0587. The molecule has 0 unspecified atom stereocenters. The number of ether oxygens (including phenoxy) is 1. The van der Waals surface area contributed by atoms with Crippen LogP contribution in [0.4, 0.5) is 5.69 Å². The second-order valence-electron chi connectivity index (χ2n) is 8.01. The second-order valence-corrected chi connectivity index (χ2v) is 9.00. The lowest BCUT2D eigenvalue weighted by atomic mass is 9.84. The Hall–Kier alpha value is -4.22. The number of furan rings is 1. The third-order valence-corrected chi connectivity index (χ3v) is 6.50. The summed E-state index contributed by atoms with van der Waals surface area (Å²) in [5.41, 5.74) is 3.56. The van der Waals surface area contributed by atoms with Crippen molar-refractivity contribution in [2.45, 2.75) is 19.8 Å². The molecule has 0 saturated carbocycles. The molecule has 2 aromatic carbocycles. The number of nitriles is 1. The number of nitrogens with zero attached hydrogens (tertiary/aromatic N) is 1. The van der Waals surface area contributed by atoms with Crippen molar-refractivity contribution in [2.75, 3.05) is 17.7 Å². The Labute approximate surface area is 213 Å². The zero-order valence-electron chi connectivity index (χ0n) is 19.9. The van der Waals surface area contributed by atoms with Crippen molar-refractivity contribution in [1.82, 2.24) is 5.32 Å². The molecule has 0 radical (unpaired) electrons. The average Bonchev–Trinajstić information content (AvgIpc) is 3.42. The predicted molar refractivity (Wildman–Crippen MR) is 139 cm³/mol. The van der Waals surface area contributed by atoms with Crippen molar-refractivity contribution in [2.24, 2.45) is 0 Å². The summed E-state index contributed by atoms with van der Waals surface area (Å²) in [6, 6.07) is 22.5. The van der Waals surface area contributed by atoms with Crippen LogP contribution >= 0.6 is 11.8 Å². The number of esters is 1. The van der Waals surface area contributed by atoms with E-state index in [1.807, 2.05) is 61.5 Å². The standard InChI is InChI=1S/C28H25N3O4S/c1-3-34-28(33)25-24(22-13-8-14-35-22)21(16-29)27(31-26(25)19-10-5-4-6-11-19)36-17-23(32)30-20-12-7-9-18(2)15-20/h4-15,24,31H,3,17H2,1-2H3,(H,30,32)/t24-/m1/s1. The van der Waals surface area contributed by atoms with E-state index in [4.69, 9.17) is 9.15 Å². The summed E-state index contributed by atoms with van der Waals surface area (Å²) in [5, 5.41) is 16.8. The van der Waals surface area contributed by atoms with Crippen LogP contribution in [0.3, 0.4) is 0 Å². The molecule has 3 aromatic rings. The van der Waals surface area contributed by atoms with Crippen molar-refractivity contribution in [1.29, 1.82) is 5.26 Å². The summed E-state index contributed by atoms with van der Waals surface area (Å²) < 4.78 is 11.1. The topological polar surface area (TPSA) is 104 Å². The Kier molecular flexibility index (Phi) is 7.93. The van der Waals surface area contributed by atoms with Gasteiger partial charge < -0.3 is 19.8 Å². The molecule has 1 aromatic heterocycles. The van der Waals surface area contributed by atoms with Gasteiger partial charge in [-0.15, -0.1) is 0 Å². The van der Waals surface area contributed by atoms with Crippen LogP contribution in [0.15, 0.2) is 93.6 Å². The summed E-state index contributed by atoms with van der Waals surface area (Å²) >= 11 is 1.19. The van der Waals surface area contributed by atoms with E-state index in [0.717, 1.165) is 11.1 Å². The molecule has 8 heteroatoms. The highest BCUT2D eigenvalue weighted by Gasteiger charge is 2.38. The van der Waals surface area contributed by atoms with Crippen LogP contribution in [0.2, 0.25) is 0 Å². The van der Waals surface area contributed by atoms with E-state index in [-0.39, 0.29) is 29.4 Å². The molecule has 0 saturated heterocycles. The molecule has 1 aliphatic rings. The van der Waals surface area contributed by atoms with Crippen molar-refractivity contribution in [3.05, 3.63) is 106 Å². The van der Waals surface area contributed by atoms with Gasteiger partial charge in [0.1, 0.15) is 5.76 Å². The molecule has 7 nitrogen and oxygen atoms in total. The fraction of sp³-hybridized carbons (Fsp3) is 0.179. The van der Waals surface area contributed by atoms with Gasteiger partial charge in [0.15, 0.2) is 0 Å². The number of hydrogen-bond donors (Lipinski definition) is 2.